The van der Waals surface area contributed by atoms with Gasteiger partial charge in [-0.1, -0.05) is 55.1 Å². The topological polar surface area (TPSA) is 60.9 Å². The third-order valence-electron chi connectivity index (χ3n) is 5.39. The summed E-state index contributed by atoms with van der Waals surface area (Å²) in [6.07, 6.45) is 0.676. The Bertz CT molecular complexity index is 1150. The van der Waals surface area contributed by atoms with E-state index in [1.165, 1.54) is 22.2 Å². The number of rotatable bonds is 9. The number of ketones is 1. The number of Topliss-reactive ketones (excluding diaryl/α,β-unsaturated/α-hetero) is 1. The quantitative estimate of drug-likeness (QED) is 0.233. The van der Waals surface area contributed by atoms with E-state index in [4.69, 9.17) is 4.42 Å². The lowest BCUT2D eigenvalue weighted by Crippen LogP contribution is -2.07. The van der Waals surface area contributed by atoms with E-state index < -0.39 is 0 Å². The van der Waals surface area contributed by atoms with Gasteiger partial charge >= 0.3 is 0 Å². The molecule has 5 nitrogen and oxygen atoms in total. The molecule has 3 aromatic heterocycles. The van der Waals surface area contributed by atoms with Crippen LogP contribution in [0.25, 0.3) is 0 Å². The summed E-state index contributed by atoms with van der Waals surface area (Å²) in [5.41, 5.74) is 4.09. The van der Waals surface area contributed by atoms with E-state index in [0.29, 0.717) is 17.5 Å². The number of hydrogen-bond acceptors (Lipinski definition) is 6. The minimum atomic E-state index is 0.0768. The van der Waals surface area contributed by atoms with E-state index in [2.05, 4.69) is 51.3 Å². The number of aromatic nitrogens is 3. The summed E-state index contributed by atoms with van der Waals surface area (Å²) in [5, 5.41) is 10.8. The average Bonchev–Trinajstić information content (AvgIpc) is 3.51. The van der Waals surface area contributed by atoms with Gasteiger partial charge in [0.05, 0.1) is 12.3 Å². The summed E-state index contributed by atoms with van der Waals surface area (Å²) >= 11 is 3.03. The number of thioether (sulfide) groups is 1. The van der Waals surface area contributed by atoms with Crippen LogP contribution in [0.3, 0.4) is 0 Å². The molecule has 7 heteroatoms. The van der Waals surface area contributed by atoms with Crippen LogP contribution in [-0.2, 0) is 13.0 Å². The van der Waals surface area contributed by atoms with Crippen LogP contribution in [0, 0.1) is 13.8 Å². The summed E-state index contributed by atoms with van der Waals surface area (Å²) in [5.74, 6) is 1.24. The maximum Gasteiger partial charge on any atom is 0.277 e. The lowest BCUT2D eigenvalue weighted by atomic mass is 9.98. The number of carbonyl (C=O) groups is 1. The van der Waals surface area contributed by atoms with Crippen molar-refractivity contribution >= 4 is 28.9 Å². The van der Waals surface area contributed by atoms with Crippen molar-refractivity contribution in [2.75, 3.05) is 5.75 Å². The minimum absolute atomic E-state index is 0.0768. The molecule has 31 heavy (non-hydrogen) atoms. The Balaban J connectivity index is 1.36. The number of hydrogen-bond donors (Lipinski definition) is 0. The van der Waals surface area contributed by atoms with Gasteiger partial charge in [-0.2, -0.15) is 0 Å². The molecule has 1 unspecified atom stereocenters. The molecule has 1 aromatic carbocycles. The largest absolute Gasteiger partial charge is 0.416 e. The Hall–Kier alpha value is -2.64. The van der Waals surface area contributed by atoms with Crippen molar-refractivity contribution in [2.24, 2.45) is 0 Å². The summed E-state index contributed by atoms with van der Waals surface area (Å²) in [6.45, 7) is 6.99. The van der Waals surface area contributed by atoms with Gasteiger partial charge in [0, 0.05) is 28.2 Å². The molecule has 0 aliphatic heterocycles. The molecule has 1 atom stereocenters. The van der Waals surface area contributed by atoms with E-state index in [0.717, 1.165) is 23.5 Å². The molecule has 0 aliphatic rings. The van der Waals surface area contributed by atoms with Crippen LogP contribution < -0.4 is 0 Å². The molecule has 0 N–H and O–H groups in total. The summed E-state index contributed by atoms with van der Waals surface area (Å²) in [4.78, 5) is 14.1. The van der Waals surface area contributed by atoms with Gasteiger partial charge in [0.2, 0.25) is 5.89 Å². The Labute approximate surface area is 190 Å². The fraction of sp³-hybridized carbons (Fsp3) is 0.292. The molecule has 160 valence electrons. The third-order valence-corrected chi connectivity index (χ3v) is 7.07. The number of nitrogens with zero attached hydrogens (tertiary/aromatic N) is 3. The van der Waals surface area contributed by atoms with Crippen LogP contribution in [-0.4, -0.2) is 26.3 Å². The monoisotopic (exact) mass is 451 g/mol. The first-order chi connectivity index (χ1) is 15.0. The zero-order valence-corrected chi connectivity index (χ0v) is 19.5. The predicted molar refractivity (Wildman–Crippen MR) is 125 cm³/mol. The SMILES string of the molecule is Cc1cc(C(=O)CSc2nnc(CC(C)c3ccccc3)o2)c(C)n1Cc1cccs1. The Kier molecular flexibility index (Phi) is 6.73. The molecule has 3 heterocycles. The molecule has 0 saturated carbocycles. The van der Waals surface area contributed by atoms with Gasteiger partial charge in [0.15, 0.2) is 5.78 Å². The van der Waals surface area contributed by atoms with Gasteiger partial charge in [-0.05, 0) is 42.8 Å². The van der Waals surface area contributed by atoms with Gasteiger partial charge in [0.1, 0.15) is 0 Å². The van der Waals surface area contributed by atoms with Crippen molar-refractivity contribution in [2.45, 2.75) is 44.9 Å². The second-order valence-corrected chi connectivity index (χ2v) is 9.60. The molecule has 4 rings (SSSR count). The molecule has 0 saturated heterocycles. The minimum Gasteiger partial charge on any atom is -0.416 e. The molecular weight excluding hydrogens is 426 g/mol. The van der Waals surface area contributed by atoms with Gasteiger partial charge in [-0.15, -0.1) is 21.5 Å². The molecule has 0 bridgehead atoms. The highest BCUT2D eigenvalue weighted by Crippen LogP contribution is 2.25. The van der Waals surface area contributed by atoms with E-state index in [9.17, 15) is 4.79 Å². The van der Waals surface area contributed by atoms with Crippen LogP contribution in [0.1, 0.15) is 50.9 Å². The highest BCUT2D eigenvalue weighted by molar-refractivity contribution is 7.99. The van der Waals surface area contributed by atoms with Gasteiger partial charge in [-0.25, -0.2) is 0 Å². The maximum atomic E-state index is 12.9. The van der Waals surface area contributed by atoms with Crippen LogP contribution in [0.5, 0.6) is 0 Å². The molecule has 0 radical (unpaired) electrons. The van der Waals surface area contributed by atoms with Gasteiger partial charge < -0.3 is 8.98 Å². The zero-order chi connectivity index (χ0) is 21.8. The van der Waals surface area contributed by atoms with Crippen LogP contribution in [0.15, 0.2) is 63.6 Å². The Morgan fingerprint density at radius 2 is 1.97 bits per heavy atom. The standard InChI is InChI=1S/C24H25N3O2S2/c1-16(19-8-5-4-6-9-19)12-23-25-26-24(29-23)31-15-22(28)21-13-17(2)27(18(21)3)14-20-10-7-11-30-20/h4-11,13,16H,12,14-15H2,1-3H3. The predicted octanol–water partition coefficient (Wildman–Crippen LogP) is 5.92. The number of thiophene rings is 1. The molecular formula is C24H25N3O2S2. The van der Waals surface area contributed by atoms with Crippen LogP contribution in [0.2, 0.25) is 0 Å². The second kappa shape index (κ2) is 9.66. The lowest BCUT2D eigenvalue weighted by molar-refractivity contribution is 0.102. The van der Waals surface area contributed by atoms with Crippen molar-refractivity contribution in [3.05, 3.63) is 87.2 Å². The average molecular weight is 452 g/mol. The number of carbonyl (C=O) groups excluding carboxylic acids is 1. The normalized spacial score (nSPS) is 12.2. The Morgan fingerprint density at radius 3 is 2.71 bits per heavy atom. The molecule has 0 fully saturated rings. The first-order valence-electron chi connectivity index (χ1n) is 10.2. The number of aryl methyl sites for hydroxylation is 1. The Morgan fingerprint density at radius 1 is 1.16 bits per heavy atom. The van der Waals surface area contributed by atoms with Crippen molar-refractivity contribution in [3.8, 4) is 0 Å². The second-order valence-electron chi connectivity index (χ2n) is 7.64. The fourth-order valence-electron chi connectivity index (χ4n) is 3.63. The first kappa shape index (κ1) is 21.6. The van der Waals surface area contributed by atoms with Gasteiger partial charge in [-0.3, -0.25) is 4.79 Å². The van der Waals surface area contributed by atoms with E-state index in [1.54, 1.807) is 11.3 Å². The number of benzene rings is 1. The third kappa shape index (κ3) is 5.17. The summed E-state index contributed by atoms with van der Waals surface area (Å²) in [6, 6.07) is 16.4. The highest BCUT2D eigenvalue weighted by Gasteiger charge is 2.18. The lowest BCUT2D eigenvalue weighted by Gasteiger charge is -2.08. The van der Waals surface area contributed by atoms with Crippen molar-refractivity contribution in [3.63, 3.8) is 0 Å². The van der Waals surface area contributed by atoms with Crippen molar-refractivity contribution in [1.82, 2.24) is 14.8 Å². The van der Waals surface area contributed by atoms with Crippen LogP contribution >= 0.6 is 23.1 Å². The van der Waals surface area contributed by atoms with Crippen molar-refractivity contribution in [1.29, 1.82) is 0 Å². The van der Waals surface area contributed by atoms with Gasteiger partial charge in [0.25, 0.3) is 5.22 Å². The zero-order valence-electron chi connectivity index (χ0n) is 17.9. The van der Waals surface area contributed by atoms with Crippen LogP contribution in [0.4, 0.5) is 0 Å². The fourth-order valence-corrected chi connectivity index (χ4v) is 4.99. The molecule has 4 aromatic rings. The summed E-state index contributed by atoms with van der Waals surface area (Å²) in [7, 11) is 0. The van der Waals surface area contributed by atoms with Crippen molar-refractivity contribution < 1.29 is 9.21 Å². The molecule has 0 amide bonds. The maximum absolute atomic E-state index is 12.9. The smallest absolute Gasteiger partial charge is 0.277 e. The summed E-state index contributed by atoms with van der Waals surface area (Å²) < 4.78 is 7.97. The van der Waals surface area contributed by atoms with E-state index >= 15 is 0 Å². The molecule has 0 spiro atoms. The van der Waals surface area contributed by atoms with E-state index in [-0.39, 0.29) is 17.5 Å². The first-order valence-corrected chi connectivity index (χ1v) is 12.1. The highest BCUT2D eigenvalue weighted by atomic mass is 32.2. The van der Waals surface area contributed by atoms with E-state index in [1.807, 2.05) is 38.1 Å². The molecule has 0 aliphatic carbocycles.